The fourth-order valence-corrected chi connectivity index (χ4v) is 3.93. The molecular formula is C21H25FN3O2S+. The lowest BCUT2D eigenvalue weighted by atomic mass is 10.2. The maximum absolute atomic E-state index is 13.3. The molecule has 1 N–H and O–H groups in total. The van der Waals surface area contributed by atoms with Crippen LogP contribution >= 0.6 is 11.3 Å². The summed E-state index contributed by atoms with van der Waals surface area (Å²) < 4.78 is 19.9. The van der Waals surface area contributed by atoms with Gasteiger partial charge in [0.2, 0.25) is 0 Å². The van der Waals surface area contributed by atoms with Gasteiger partial charge < -0.3 is 9.64 Å². The number of para-hydroxylation sites is 1. The van der Waals surface area contributed by atoms with Crippen LogP contribution in [0.5, 0.6) is 5.75 Å². The number of carbonyl (C=O) groups excluding carboxylic acids is 1. The van der Waals surface area contributed by atoms with E-state index < -0.39 is 0 Å². The molecule has 3 rings (SSSR count). The van der Waals surface area contributed by atoms with E-state index in [0.717, 1.165) is 28.9 Å². The average Bonchev–Trinajstić information content (AvgIpc) is 3.10. The van der Waals surface area contributed by atoms with Crippen molar-refractivity contribution < 1.29 is 18.8 Å². The number of anilines is 1. The Morgan fingerprint density at radius 3 is 2.64 bits per heavy atom. The smallest absolute Gasteiger partial charge is 0.260 e. The molecule has 0 aliphatic heterocycles. The summed E-state index contributed by atoms with van der Waals surface area (Å²) in [5.41, 5.74) is 1.21. The topological polar surface area (TPSA) is 46.9 Å². The van der Waals surface area contributed by atoms with E-state index in [0.29, 0.717) is 23.8 Å². The lowest BCUT2D eigenvalue weighted by Crippen LogP contribution is -3.05. The number of hydrogen-bond donors (Lipinski definition) is 1. The van der Waals surface area contributed by atoms with Crippen LogP contribution in [-0.4, -0.2) is 44.7 Å². The normalized spacial score (nSPS) is 11.2. The molecule has 0 saturated heterocycles. The van der Waals surface area contributed by atoms with E-state index in [-0.39, 0.29) is 11.7 Å². The van der Waals surface area contributed by atoms with E-state index in [2.05, 4.69) is 14.1 Å². The molecule has 0 fully saturated rings. The van der Waals surface area contributed by atoms with Gasteiger partial charge in [0.1, 0.15) is 17.1 Å². The molecule has 0 saturated carbocycles. The fraction of sp³-hybridized carbons (Fsp3) is 0.333. The molecule has 0 bridgehead atoms. The summed E-state index contributed by atoms with van der Waals surface area (Å²) in [5.74, 6) is 0.181. The lowest BCUT2D eigenvalue weighted by Gasteiger charge is -2.20. The number of nitrogens with zero attached hydrogens (tertiary/aromatic N) is 2. The van der Waals surface area contributed by atoms with Crippen molar-refractivity contribution >= 4 is 32.6 Å². The van der Waals surface area contributed by atoms with Gasteiger partial charge in [0.15, 0.2) is 5.13 Å². The summed E-state index contributed by atoms with van der Waals surface area (Å²) in [5, 5.41) is 0.630. The molecule has 1 aromatic heterocycles. The van der Waals surface area contributed by atoms with Crippen molar-refractivity contribution in [2.24, 2.45) is 0 Å². The number of aromatic nitrogens is 1. The van der Waals surface area contributed by atoms with Crippen LogP contribution in [0.4, 0.5) is 9.52 Å². The van der Waals surface area contributed by atoms with Gasteiger partial charge in [0.05, 0.1) is 31.9 Å². The first-order valence-electron chi connectivity index (χ1n) is 9.38. The van der Waals surface area contributed by atoms with Crippen LogP contribution in [0.3, 0.4) is 0 Å². The summed E-state index contributed by atoms with van der Waals surface area (Å²) in [6.45, 7) is 3.96. The van der Waals surface area contributed by atoms with Gasteiger partial charge >= 0.3 is 0 Å². The Morgan fingerprint density at radius 2 is 1.96 bits per heavy atom. The zero-order valence-corrected chi connectivity index (χ0v) is 17.2. The number of halogens is 1. The molecule has 0 radical (unpaired) electrons. The number of amides is 1. The Labute approximate surface area is 168 Å². The lowest BCUT2D eigenvalue weighted by molar-refractivity contribution is -0.858. The van der Waals surface area contributed by atoms with E-state index in [1.54, 1.807) is 4.90 Å². The van der Waals surface area contributed by atoms with Crippen LogP contribution in [0.25, 0.3) is 10.2 Å². The van der Waals surface area contributed by atoms with Gasteiger partial charge in [-0.1, -0.05) is 17.4 Å². The summed E-state index contributed by atoms with van der Waals surface area (Å²) in [6, 6.07) is 11.4. The SMILES string of the molecule is CCOc1cccc2sc(N(CCC[NH+](C)C)C(=O)c3ccc(F)cc3)nc12. The van der Waals surface area contributed by atoms with E-state index in [1.165, 1.54) is 40.5 Å². The quantitative estimate of drug-likeness (QED) is 0.630. The number of carbonyl (C=O) groups is 1. The third-order valence-corrected chi connectivity index (χ3v) is 5.34. The fourth-order valence-electron chi connectivity index (χ4n) is 2.92. The average molecular weight is 403 g/mol. The van der Waals surface area contributed by atoms with E-state index in [4.69, 9.17) is 9.72 Å². The minimum absolute atomic E-state index is 0.175. The molecule has 0 atom stereocenters. The first kappa shape index (κ1) is 20.2. The molecule has 3 aromatic rings. The number of hydrogen-bond acceptors (Lipinski definition) is 4. The van der Waals surface area contributed by atoms with Crippen molar-refractivity contribution in [3.8, 4) is 5.75 Å². The number of fused-ring (bicyclic) bond motifs is 1. The van der Waals surface area contributed by atoms with E-state index >= 15 is 0 Å². The van der Waals surface area contributed by atoms with Gasteiger partial charge in [-0.25, -0.2) is 9.37 Å². The van der Waals surface area contributed by atoms with Gasteiger partial charge in [-0.3, -0.25) is 9.69 Å². The summed E-state index contributed by atoms with van der Waals surface area (Å²) in [6.07, 6.45) is 0.837. The Kier molecular flexibility index (Phi) is 6.59. The van der Waals surface area contributed by atoms with Crippen LogP contribution in [0, 0.1) is 5.82 Å². The minimum atomic E-state index is -0.361. The van der Waals surface area contributed by atoms with Crippen LogP contribution < -0.4 is 14.5 Å². The molecule has 1 heterocycles. The molecule has 28 heavy (non-hydrogen) atoms. The molecule has 2 aromatic carbocycles. The van der Waals surface area contributed by atoms with Crippen molar-refractivity contribution in [2.45, 2.75) is 13.3 Å². The monoisotopic (exact) mass is 402 g/mol. The minimum Gasteiger partial charge on any atom is -0.492 e. The second-order valence-electron chi connectivity index (χ2n) is 6.81. The Bertz CT molecular complexity index is 940. The summed E-state index contributed by atoms with van der Waals surface area (Å²) in [4.78, 5) is 20.9. The molecule has 0 aliphatic rings. The maximum Gasteiger partial charge on any atom is 0.260 e. The molecular weight excluding hydrogens is 377 g/mol. The van der Waals surface area contributed by atoms with Gasteiger partial charge in [-0.05, 0) is 43.3 Å². The molecule has 0 spiro atoms. The van der Waals surface area contributed by atoms with Crippen LogP contribution in [-0.2, 0) is 0 Å². The first-order chi connectivity index (χ1) is 13.5. The maximum atomic E-state index is 13.3. The van der Waals surface area contributed by atoms with Crippen molar-refractivity contribution in [2.75, 3.05) is 38.7 Å². The molecule has 148 valence electrons. The standard InChI is InChI=1S/C21H24FN3O2S/c1-4-27-17-7-5-8-18-19(17)23-21(28-18)25(14-6-13-24(2)3)20(26)15-9-11-16(22)12-10-15/h5,7-12H,4,6,13-14H2,1-3H3/p+1. The molecule has 0 unspecified atom stereocenters. The van der Waals surface area contributed by atoms with Crippen LogP contribution in [0.2, 0.25) is 0 Å². The summed E-state index contributed by atoms with van der Waals surface area (Å²) in [7, 11) is 4.16. The largest absolute Gasteiger partial charge is 0.492 e. The number of nitrogens with one attached hydrogen (secondary N) is 1. The highest BCUT2D eigenvalue weighted by atomic mass is 32.1. The van der Waals surface area contributed by atoms with Crippen molar-refractivity contribution in [1.29, 1.82) is 0 Å². The zero-order valence-electron chi connectivity index (χ0n) is 16.4. The van der Waals surface area contributed by atoms with E-state index in [1.807, 2.05) is 25.1 Å². The van der Waals surface area contributed by atoms with Crippen molar-refractivity contribution in [3.63, 3.8) is 0 Å². The second-order valence-corrected chi connectivity index (χ2v) is 7.82. The number of quaternary nitrogens is 1. The van der Waals surface area contributed by atoms with Gasteiger partial charge in [0.25, 0.3) is 5.91 Å². The molecule has 1 amide bonds. The Hall–Kier alpha value is -2.51. The van der Waals surface area contributed by atoms with Crippen LogP contribution in [0.1, 0.15) is 23.7 Å². The number of rotatable bonds is 8. The Morgan fingerprint density at radius 1 is 1.21 bits per heavy atom. The number of thiazole rings is 1. The predicted molar refractivity (Wildman–Crippen MR) is 111 cm³/mol. The van der Waals surface area contributed by atoms with Gasteiger partial charge in [-0.2, -0.15) is 0 Å². The predicted octanol–water partition coefficient (Wildman–Crippen LogP) is 3.02. The van der Waals surface area contributed by atoms with Crippen LogP contribution in [0.15, 0.2) is 42.5 Å². The molecule has 0 aliphatic carbocycles. The third-order valence-electron chi connectivity index (χ3n) is 4.30. The second kappa shape index (κ2) is 9.12. The van der Waals surface area contributed by atoms with Gasteiger partial charge in [0, 0.05) is 18.5 Å². The van der Waals surface area contributed by atoms with Crippen molar-refractivity contribution in [1.82, 2.24) is 4.98 Å². The highest BCUT2D eigenvalue weighted by molar-refractivity contribution is 7.22. The first-order valence-corrected chi connectivity index (χ1v) is 10.2. The van der Waals surface area contributed by atoms with E-state index in [9.17, 15) is 9.18 Å². The molecule has 7 heteroatoms. The Balaban J connectivity index is 1.95. The third kappa shape index (κ3) is 4.66. The number of ether oxygens (including phenoxy) is 1. The number of benzene rings is 2. The summed E-state index contributed by atoms with van der Waals surface area (Å²) >= 11 is 1.46. The highest BCUT2D eigenvalue weighted by Gasteiger charge is 2.22. The zero-order chi connectivity index (χ0) is 20.1. The van der Waals surface area contributed by atoms with Crippen molar-refractivity contribution in [3.05, 3.63) is 53.8 Å². The van der Waals surface area contributed by atoms with Gasteiger partial charge in [-0.15, -0.1) is 0 Å². The highest BCUT2D eigenvalue weighted by Crippen LogP contribution is 2.34. The molecule has 5 nitrogen and oxygen atoms in total.